The number of aromatic nitrogens is 3. The molecule has 1 fully saturated rings. The number of likely N-dealkylation sites (tertiary alicyclic amines) is 1. The highest BCUT2D eigenvalue weighted by Gasteiger charge is 2.32. The predicted molar refractivity (Wildman–Crippen MR) is 108 cm³/mol. The molecule has 2 amide bonds. The molecule has 0 bridgehead atoms. The van der Waals surface area contributed by atoms with Gasteiger partial charge in [0, 0.05) is 61.2 Å². The Hall–Kier alpha value is -2.61. The van der Waals surface area contributed by atoms with Crippen molar-refractivity contribution in [3.63, 3.8) is 0 Å². The number of pyridine rings is 1. The lowest BCUT2D eigenvalue weighted by molar-refractivity contribution is 0.161. The van der Waals surface area contributed by atoms with Gasteiger partial charge in [-0.15, -0.1) is 11.3 Å². The molecule has 0 radical (unpaired) electrons. The number of anilines is 1. The minimum Gasteiger partial charge on any atom is -0.369 e. The van der Waals surface area contributed by atoms with Crippen LogP contribution in [0.25, 0.3) is 11.0 Å². The van der Waals surface area contributed by atoms with E-state index in [-0.39, 0.29) is 12.1 Å². The Labute approximate surface area is 162 Å². The number of likely N-dealkylation sites (N-methyl/N-ethyl adjacent to an activating group) is 1. The molecule has 7 nitrogen and oxygen atoms in total. The summed E-state index contributed by atoms with van der Waals surface area (Å²) < 4.78 is 0. The molecule has 142 valence electrons. The van der Waals surface area contributed by atoms with Crippen LogP contribution in [0.2, 0.25) is 0 Å². The van der Waals surface area contributed by atoms with Crippen LogP contribution in [0.4, 0.5) is 10.5 Å². The molecule has 8 heteroatoms. The summed E-state index contributed by atoms with van der Waals surface area (Å²) >= 11 is 1.56. The molecule has 3 aromatic rings. The van der Waals surface area contributed by atoms with Crippen LogP contribution in [-0.2, 0) is 6.54 Å². The summed E-state index contributed by atoms with van der Waals surface area (Å²) in [7, 11) is 2.11. The standard InChI is InChI=1S/C19H24N6OS/c1-13-5-9-25(19(26)23-11-17-20-8-10-27-17)12-16(13)24(2)15-4-7-22-18-14(15)3-6-21-18/h3-4,6-8,10,13,16H,5,9,11-12H2,1-2H3,(H,21,22)(H,23,26)/t13-,16?/m1/s1. The third-order valence-electron chi connectivity index (χ3n) is 5.39. The molecule has 2 atom stereocenters. The smallest absolute Gasteiger partial charge is 0.317 e. The van der Waals surface area contributed by atoms with Crippen LogP contribution < -0.4 is 10.2 Å². The van der Waals surface area contributed by atoms with Crippen LogP contribution in [-0.4, -0.2) is 52.1 Å². The quantitative estimate of drug-likeness (QED) is 0.725. The number of fused-ring (bicyclic) bond motifs is 1. The SMILES string of the molecule is C[C@@H]1CCN(C(=O)NCc2nccs2)CC1N(C)c1ccnc2[nH]ccc12. The Morgan fingerprint density at radius 3 is 3.11 bits per heavy atom. The van der Waals surface area contributed by atoms with E-state index < -0.39 is 0 Å². The fraction of sp³-hybridized carbons (Fsp3) is 0.421. The number of urea groups is 1. The highest BCUT2D eigenvalue weighted by atomic mass is 32.1. The van der Waals surface area contributed by atoms with Crippen molar-refractivity contribution in [1.29, 1.82) is 0 Å². The van der Waals surface area contributed by atoms with Crippen LogP contribution in [0.3, 0.4) is 0 Å². The Kier molecular flexibility index (Phi) is 4.98. The predicted octanol–water partition coefficient (Wildman–Crippen LogP) is 3.08. The van der Waals surface area contributed by atoms with Crippen LogP contribution in [0.1, 0.15) is 18.4 Å². The van der Waals surface area contributed by atoms with Crippen molar-refractivity contribution in [3.05, 3.63) is 41.1 Å². The zero-order valence-corrected chi connectivity index (χ0v) is 16.4. The number of rotatable bonds is 4. The largest absolute Gasteiger partial charge is 0.369 e. The summed E-state index contributed by atoms with van der Waals surface area (Å²) in [6, 6.07) is 4.34. The van der Waals surface area contributed by atoms with E-state index in [1.807, 2.05) is 28.7 Å². The second-order valence-corrected chi connectivity index (χ2v) is 8.02. The summed E-state index contributed by atoms with van der Waals surface area (Å²) in [5.41, 5.74) is 2.03. The molecule has 1 aliphatic heterocycles. The molecule has 0 saturated carbocycles. The fourth-order valence-electron chi connectivity index (χ4n) is 3.77. The molecule has 0 aromatic carbocycles. The first-order valence-corrected chi connectivity index (χ1v) is 10.1. The third kappa shape index (κ3) is 3.62. The summed E-state index contributed by atoms with van der Waals surface area (Å²) in [4.78, 5) is 28.6. The van der Waals surface area contributed by atoms with Gasteiger partial charge in [0.1, 0.15) is 10.7 Å². The first-order valence-electron chi connectivity index (χ1n) is 9.19. The lowest BCUT2D eigenvalue weighted by Crippen LogP contribution is -2.54. The fourth-order valence-corrected chi connectivity index (χ4v) is 4.33. The van der Waals surface area contributed by atoms with Gasteiger partial charge in [-0.3, -0.25) is 0 Å². The Morgan fingerprint density at radius 1 is 1.41 bits per heavy atom. The maximum atomic E-state index is 12.6. The van der Waals surface area contributed by atoms with Gasteiger partial charge in [0.25, 0.3) is 0 Å². The Bertz CT molecular complexity index is 908. The number of piperidine rings is 1. The third-order valence-corrected chi connectivity index (χ3v) is 6.17. The molecule has 27 heavy (non-hydrogen) atoms. The summed E-state index contributed by atoms with van der Waals surface area (Å²) in [5.74, 6) is 0.500. The van der Waals surface area contributed by atoms with Gasteiger partial charge in [0.2, 0.25) is 0 Å². The van der Waals surface area contributed by atoms with Gasteiger partial charge in [-0.1, -0.05) is 6.92 Å². The van der Waals surface area contributed by atoms with Gasteiger partial charge in [0.05, 0.1) is 6.54 Å². The molecule has 1 aliphatic rings. The monoisotopic (exact) mass is 384 g/mol. The van der Waals surface area contributed by atoms with Crippen LogP contribution in [0.5, 0.6) is 0 Å². The molecule has 2 N–H and O–H groups in total. The number of thiazole rings is 1. The zero-order valence-electron chi connectivity index (χ0n) is 15.6. The second-order valence-electron chi connectivity index (χ2n) is 7.04. The van der Waals surface area contributed by atoms with Gasteiger partial charge < -0.3 is 20.1 Å². The summed E-state index contributed by atoms with van der Waals surface area (Å²) in [6.07, 6.45) is 6.49. The number of hydrogen-bond acceptors (Lipinski definition) is 5. The normalized spacial score (nSPS) is 20.0. The maximum Gasteiger partial charge on any atom is 0.317 e. The summed E-state index contributed by atoms with van der Waals surface area (Å²) in [5, 5.41) is 6.95. The van der Waals surface area contributed by atoms with E-state index in [9.17, 15) is 4.79 Å². The number of hydrogen-bond donors (Lipinski definition) is 2. The average Bonchev–Trinajstić information content (AvgIpc) is 3.37. The van der Waals surface area contributed by atoms with Crippen molar-refractivity contribution in [2.75, 3.05) is 25.0 Å². The van der Waals surface area contributed by atoms with E-state index in [1.54, 1.807) is 17.5 Å². The molecular weight excluding hydrogens is 360 g/mol. The van der Waals surface area contributed by atoms with Gasteiger partial charge in [-0.05, 0) is 24.5 Å². The Balaban J connectivity index is 1.47. The lowest BCUT2D eigenvalue weighted by atomic mass is 9.92. The van der Waals surface area contributed by atoms with Crippen LogP contribution in [0.15, 0.2) is 36.1 Å². The highest BCUT2D eigenvalue weighted by molar-refractivity contribution is 7.09. The number of nitrogens with one attached hydrogen (secondary N) is 2. The van der Waals surface area contributed by atoms with E-state index in [0.29, 0.717) is 19.0 Å². The zero-order chi connectivity index (χ0) is 18.8. The van der Waals surface area contributed by atoms with Crippen molar-refractivity contribution >= 4 is 34.1 Å². The molecule has 0 spiro atoms. The molecule has 1 unspecified atom stereocenters. The molecular formula is C19H24N6OS. The minimum absolute atomic E-state index is 0.0166. The first kappa shape index (κ1) is 17.8. The number of aromatic amines is 1. The summed E-state index contributed by atoms with van der Waals surface area (Å²) in [6.45, 7) is 4.24. The van der Waals surface area contributed by atoms with Gasteiger partial charge >= 0.3 is 6.03 Å². The van der Waals surface area contributed by atoms with Crippen molar-refractivity contribution < 1.29 is 4.79 Å². The molecule has 4 rings (SSSR count). The molecule has 0 aliphatic carbocycles. The molecule has 4 heterocycles. The maximum absolute atomic E-state index is 12.6. The lowest BCUT2D eigenvalue weighted by Gasteiger charge is -2.42. The van der Waals surface area contributed by atoms with Crippen molar-refractivity contribution in [2.45, 2.75) is 25.9 Å². The van der Waals surface area contributed by atoms with Crippen molar-refractivity contribution in [1.82, 2.24) is 25.2 Å². The number of carbonyl (C=O) groups excluding carboxylic acids is 1. The van der Waals surface area contributed by atoms with E-state index >= 15 is 0 Å². The van der Waals surface area contributed by atoms with E-state index in [2.05, 4.69) is 45.2 Å². The van der Waals surface area contributed by atoms with Gasteiger partial charge in [-0.2, -0.15) is 0 Å². The molecule has 1 saturated heterocycles. The van der Waals surface area contributed by atoms with Crippen molar-refractivity contribution in [3.8, 4) is 0 Å². The number of H-pyrrole nitrogens is 1. The minimum atomic E-state index is -0.0166. The number of carbonyl (C=O) groups is 1. The van der Waals surface area contributed by atoms with Crippen molar-refractivity contribution in [2.24, 2.45) is 5.92 Å². The topological polar surface area (TPSA) is 77.2 Å². The van der Waals surface area contributed by atoms with Gasteiger partial charge in [-0.25, -0.2) is 14.8 Å². The van der Waals surface area contributed by atoms with E-state index in [1.165, 1.54) is 0 Å². The first-order chi connectivity index (χ1) is 13.1. The average molecular weight is 385 g/mol. The second kappa shape index (κ2) is 7.56. The van der Waals surface area contributed by atoms with E-state index in [4.69, 9.17) is 0 Å². The Morgan fingerprint density at radius 2 is 2.30 bits per heavy atom. The van der Waals surface area contributed by atoms with E-state index in [0.717, 1.165) is 34.7 Å². The number of nitrogens with zero attached hydrogens (tertiary/aromatic N) is 4. The van der Waals surface area contributed by atoms with Crippen LogP contribution >= 0.6 is 11.3 Å². The van der Waals surface area contributed by atoms with Gasteiger partial charge in [0.15, 0.2) is 0 Å². The van der Waals surface area contributed by atoms with Crippen LogP contribution in [0, 0.1) is 5.92 Å². The molecule has 3 aromatic heterocycles. The number of amides is 2. The highest BCUT2D eigenvalue weighted by Crippen LogP contribution is 2.30.